The van der Waals surface area contributed by atoms with Crippen molar-refractivity contribution >= 4 is 21.6 Å². The number of amides is 1. The normalized spacial score (nSPS) is 12.3. The number of ether oxygens (including phenoxy) is 1. The van der Waals surface area contributed by atoms with Gasteiger partial charge in [0.15, 0.2) is 0 Å². The molecule has 140 valence electrons. The molecule has 1 N–H and O–H groups in total. The molecular formula is C19H24N2O4S. The van der Waals surface area contributed by atoms with Gasteiger partial charge in [0.1, 0.15) is 12.3 Å². The van der Waals surface area contributed by atoms with Gasteiger partial charge in [-0.2, -0.15) is 0 Å². The predicted molar refractivity (Wildman–Crippen MR) is 103 cm³/mol. The highest BCUT2D eigenvalue weighted by Gasteiger charge is 2.23. The summed E-state index contributed by atoms with van der Waals surface area (Å²) in [7, 11) is -2.18. The van der Waals surface area contributed by atoms with Crippen LogP contribution in [0.5, 0.6) is 5.75 Å². The zero-order valence-corrected chi connectivity index (χ0v) is 16.0. The minimum Gasteiger partial charge on any atom is -0.495 e. The van der Waals surface area contributed by atoms with E-state index in [0.717, 1.165) is 16.1 Å². The summed E-state index contributed by atoms with van der Waals surface area (Å²) in [6.45, 7) is 2.12. The lowest BCUT2D eigenvalue weighted by Gasteiger charge is -2.24. The molecule has 0 bridgehead atoms. The monoisotopic (exact) mass is 376 g/mol. The average molecular weight is 376 g/mol. The first-order chi connectivity index (χ1) is 12.3. The summed E-state index contributed by atoms with van der Waals surface area (Å²) >= 11 is 0. The van der Waals surface area contributed by atoms with E-state index in [1.165, 1.54) is 7.11 Å². The summed E-state index contributed by atoms with van der Waals surface area (Å²) in [6.07, 6.45) is 1.07. The lowest BCUT2D eigenvalue weighted by molar-refractivity contribution is -0.119. The molecule has 2 aromatic carbocycles. The van der Waals surface area contributed by atoms with E-state index in [1.807, 2.05) is 37.3 Å². The second-order valence-electron chi connectivity index (χ2n) is 6.06. The van der Waals surface area contributed by atoms with E-state index in [0.29, 0.717) is 18.0 Å². The summed E-state index contributed by atoms with van der Waals surface area (Å²) in [5, 5.41) is 2.80. The van der Waals surface area contributed by atoms with Gasteiger partial charge in [0.05, 0.1) is 19.1 Å². The SMILES string of the molecule is COc1ccccc1N(CC(=O)NCC(C)c1ccccc1)S(C)(=O)=O. The molecule has 0 aliphatic heterocycles. The molecule has 1 amide bonds. The second-order valence-corrected chi connectivity index (χ2v) is 7.96. The van der Waals surface area contributed by atoms with E-state index >= 15 is 0 Å². The molecule has 0 heterocycles. The fourth-order valence-electron chi connectivity index (χ4n) is 2.57. The first kappa shape index (κ1) is 19.8. The molecule has 26 heavy (non-hydrogen) atoms. The third-order valence-electron chi connectivity index (χ3n) is 4.02. The first-order valence-corrected chi connectivity index (χ1v) is 10.1. The molecule has 0 saturated heterocycles. The van der Waals surface area contributed by atoms with Crippen LogP contribution in [-0.4, -0.2) is 40.8 Å². The molecule has 0 saturated carbocycles. The summed E-state index contributed by atoms with van der Waals surface area (Å²) in [5.74, 6) is 0.144. The Morgan fingerprint density at radius 3 is 2.35 bits per heavy atom. The Kier molecular flexibility index (Phi) is 6.63. The molecule has 1 unspecified atom stereocenters. The lowest BCUT2D eigenvalue weighted by atomic mass is 10.0. The highest BCUT2D eigenvalue weighted by Crippen LogP contribution is 2.29. The number of nitrogens with one attached hydrogen (secondary N) is 1. The van der Waals surface area contributed by atoms with Gasteiger partial charge in [-0.3, -0.25) is 9.10 Å². The topological polar surface area (TPSA) is 75.7 Å². The van der Waals surface area contributed by atoms with Gasteiger partial charge in [-0.05, 0) is 23.6 Å². The largest absolute Gasteiger partial charge is 0.495 e. The predicted octanol–water partition coefficient (Wildman–Crippen LogP) is 2.38. The van der Waals surface area contributed by atoms with Crippen LogP contribution < -0.4 is 14.4 Å². The van der Waals surface area contributed by atoms with E-state index in [1.54, 1.807) is 24.3 Å². The third-order valence-corrected chi connectivity index (χ3v) is 5.14. The van der Waals surface area contributed by atoms with Crippen LogP contribution in [0.4, 0.5) is 5.69 Å². The van der Waals surface area contributed by atoms with E-state index < -0.39 is 10.0 Å². The molecule has 1 atom stereocenters. The number of carbonyl (C=O) groups is 1. The average Bonchev–Trinajstić information content (AvgIpc) is 2.64. The van der Waals surface area contributed by atoms with Gasteiger partial charge in [0, 0.05) is 6.54 Å². The van der Waals surface area contributed by atoms with Crippen LogP contribution in [0.3, 0.4) is 0 Å². The van der Waals surface area contributed by atoms with Gasteiger partial charge < -0.3 is 10.1 Å². The van der Waals surface area contributed by atoms with Gasteiger partial charge in [-0.1, -0.05) is 49.4 Å². The summed E-state index contributed by atoms with van der Waals surface area (Å²) in [4.78, 5) is 12.4. The highest BCUT2D eigenvalue weighted by atomic mass is 32.2. The summed E-state index contributed by atoms with van der Waals surface area (Å²) in [6, 6.07) is 16.5. The number of para-hydroxylation sites is 2. The van der Waals surface area contributed by atoms with Crippen molar-refractivity contribution in [2.24, 2.45) is 0 Å². The molecule has 0 aliphatic rings. The van der Waals surface area contributed by atoms with Crippen LogP contribution in [0.15, 0.2) is 54.6 Å². The number of sulfonamides is 1. The molecule has 0 fully saturated rings. The van der Waals surface area contributed by atoms with Crippen molar-refractivity contribution in [1.29, 1.82) is 0 Å². The number of nitrogens with zero attached hydrogens (tertiary/aromatic N) is 1. The number of hydrogen-bond donors (Lipinski definition) is 1. The smallest absolute Gasteiger partial charge is 0.240 e. The van der Waals surface area contributed by atoms with Gasteiger partial charge in [-0.15, -0.1) is 0 Å². The first-order valence-electron chi connectivity index (χ1n) is 8.25. The Morgan fingerprint density at radius 1 is 1.12 bits per heavy atom. The Morgan fingerprint density at radius 2 is 1.73 bits per heavy atom. The van der Waals surface area contributed by atoms with Crippen LogP contribution in [0.2, 0.25) is 0 Å². The Labute approximate surface area is 154 Å². The fourth-order valence-corrected chi connectivity index (χ4v) is 3.43. The standard InChI is InChI=1S/C19H24N2O4S/c1-15(16-9-5-4-6-10-16)13-20-19(22)14-21(26(3,23)24)17-11-7-8-12-18(17)25-2/h4-12,15H,13-14H2,1-3H3,(H,20,22). The van der Waals surface area contributed by atoms with E-state index in [4.69, 9.17) is 4.74 Å². The Bertz CT molecular complexity index is 838. The molecule has 2 aromatic rings. The number of rotatable bonds is 8. The summed E-state index contributed by atoms with van der Waals surface area (Å²) in [5.41, 5.74) is 1.45. The molecular weight excluding hydrogens is 352 g/mol. The lowest BCUT2D eigenvalue weighted by Crippen LogP contribution is -2.41. The number of hydrogen-bond acceptors (Lipinski definition) is 4. The van der Waals surface area contributed by atoms with Gasteiger partial charge in [-0.25, -0.2) is 8.42 Å². The van der Waals surface area contributed by atoms with Gasteiger partial charge in [0.2, 0.25) is 15.9 Å². The molecule has 0 radical (unpaired) electrons. The molecule has 2 rings (SSSR count). The van der Waals surface area contributed by atoms with E-state index in [-0.39, 0.29) is 18.4 Å². The van der Waals surface area contributed by atoms with Crippen molar-refractivity contribution in [3.05, 3.63) is 60.2 Å². The molecule has 0 spiro atoms. The number of anilines is 1. The maximum atomic E-state index is 12.4. The zero-order valence-electron chi connectivity index (χ0n) is 15.2. The van der Waals surface area contributed by atoms with Crippen LogP contribution in [-0.2, 0) is 14.8 Å². The maximum Gasteiger partial charge on any atom is 0.240 e. The van der Waals surface area contributed by atoms with Gasteiger partial charge >= 0.3 is 0 Å². The minimum atomic E-state index is -3.64. The molecule has 6 nitrogen and oxygen atoms in total. The van der Waals surface area contributed by atoms with Crippen molar-refractivity contribution in [3.8, 4) is 5.75 Å². The summed E-state index contributed by atoms with van der Waals surface area (Å²) < 4.78 is 30.6. The molecule has 7 heteroatoms. The van der Waals surface area contributed by atoms with Crippen molar-refractivity contribution in [1.82, 2.24) is 5.32 Å². The highest BCUT2D eigenvalue weighted by molar-refractivity contribution is 7.92. The zero-order chi connectivity index (χ0) is 19.2. The van der Waals surface area contributed by atoms with Gasteiger partial charge in [0.25, 0.3) is 0 Å². The van der Waals surface area contributed by atoms with Crippen molar-refractivity contribution in [3.63, 3.8) is 0 Å². The third kappa shape index (κ3) is 5.23. The van der Waals surface area contributed by atoms with Crippen LogP contribution in [0.1, 0.15) is 18.4 Å². The van der Waals surface area contributed by atoms with E-state index in [2.05, 4.69) is 5.32 Å². The van der Waals surface area contributed by atoms with Crippen LogP contribution in [0.25, 0.3) is 0 Å². The molecule has 0 aliphatic carbocycles. The Hall–Kier alpha value is -2.54. The van der Waals surface area contributed by atoms with Crippen LogP contribution in [0, 0.1) is 0 Å². The van der Waals surface area contributed by atoms with E-state index in [9.17, 15) is 13.2 Å². The number of benzene rings is 2. The van der Waals surface area contributed by atoms with Crippen LogP contribution >= 0.6 is 0 Å². The Balaban J connectivity index is 2.08. The van der Waals surface area contributed by atoms with Crippen molar-refractivity contribution < 1.29 is 17.9 Å². The minimum absolute atomic E-state index is 0.123. The number of methoxy groups -OCH3 is 1. The maximum absolute atomic E-state index is 12.4. The molecule has 0 aromatic heterocycles. The number of carbonyl (C=O) groups excluding carboxylic acids is 1. The van der Waals surface area contributed by atoms with Crippen molar-refractivity contribution in [2.75, 3.05) is 30.8 Å². The van der Waals surface area contributed by atoms with Crippen molar-refractivity contribution in [2.45, 2.75) is 12.8 Å². The second kappa shape index (κ2) is 8.71. The fraction of sp³-hybridized carbons (Fsp3) is 0.316. The quantitative estimate of drug-likeness (QED) is 0.767.